The van der Waals surface area contributed by atoms with Crippen molar-refractivity contribution >= 4 is 22.4 Å². The molecule has 1 saturated heterocycles. The molecule has 0 aliphatic carbocycles. The number of hydrogen-bond donors (Lipinski definition) is 1. The molecule has 1 atom stereocenters. The SMILES string of the molecule is CCc1nc(NC(=O)CN2CCCC(Cn3cncn3)C2)sc1C. The van der Waals surface area contributed by atoms with Gasteiger partial charge in [-0.15, -0.1) is 11.3 Å². The van der Waals surface area contributed by atoms with Crippen LogP contribution in [0.4, 0.5) is 5.13 Å². The van der Waals surface area contributed by atoms with Crippen LogP contribution in [0, 0.1) is 12.8 Å². The molecular weight excluding hydrogens is 324 g/mol. The van der Waals surface area contributed by atoms with Crippen LogP contribution in [0.3, 0.4) is 0 Å². The van der Waals surface area contributed by atoms with Crippen molar-refractivity contribution in [2.24, 2.45) is 5.92 Å². The number of aryl methyl sites for hydroxylation is 2. The van der Waals surface area contributed by atoms with E-state index in [-0.39, 0.29) is 5.91 Å². The molecule has 3 rings (SSSR count). The maximum absolute atomic E-state index is 12.3. The smallest absolute Gasteiger partial charge is 0.240 e. The minimum Gasteiger partial charge on any atom is -0.301 e. The van der Waals surface area contributed by atoms with Crippen LogP contribution in [-0.4, -0.2) is 50.2 Å². The number of nitrogens with zero attached hydrogens (tertiary/aromatic N) is 5. The van der Waals surface area contributed by atoms with Crippen molar-refractivity contribution in [3.8, 4) is 0 Å². The van der Waals surface area contributed by atoms with Crippen LogP contribution >= 0.6 is 11.3 Å². The lowest BCUT2D eigenvalue weighted by atomic mass is 9.98. The summed E-state index contributed by atoms with van der Waals surface area (Å²) in [5.74, 6) is 0.537. The van der Waals surface area contributed by atoms with Gasteiger partial charge in [-0.25, -0.2) is 9.97 Å². The number of thiazole rings is 1. The Morgan fingerprint density at radius 2 is 2.38 bits per heavy atom. The van der Waals surface area contributed by atoms with Gasteiger partial charge in [0.25, 0.3) is 0 Å². The molecule has 130 valence electrons. The summed E-state index contributed by atoms with van der Waals surface area (Å²) < 4.78 is 1.87. The predicted octanol–water partition coefficient (Wildman–Crippen LogP) is 1.96. The Kier molecular flexibility index (Phi) is 5.57. The molecule has 1 N–H and O–H groups in total. The molecule has 2 aromatic heterocycles. The Hall–Kier alpha value is -1.80. The molecule has 1 unspecified atom stereocenters. The second kappa shape index (κ2) is 7.85. The third-order valence-electron chi connectivity index (χ3n) is 4.36. The monoisotopic (exact) mass is 348 g/mol. The van der Waals surface area contributed by atoms with Crippen LogP contribution in [0.1, 0.15) is 30.3 Å². The number of carbonyl (C=O) groups excluding carboxylic acids is 1. The van der Waals surface area contributed by atoms with Gasteiger partial charge in [0.2, 0.25) is 5.91 Å². The Morgan fingerprint density at radius 1 is 1.50 bits per heavy atom. The average Bonchev–Trinajstić information content (AvgIpc) is 3.17. The molecule has 1 amide bonds. The van der Waals surface area contributed by atoms with E-state index in [4.69, 9.17) is 0 Å². The van der Waals surface area contributed by atoms with Crippen LogP contribution in [-0.2, 0) is 17.8 Å². The molecular formula is C16H24N6OS. The largest absolute Gasteiger partial charge is 0.301 e. The van der Waals surface area contributed by atoms with Gasteiger partial charge in [-0.1, -0.05) is 6.92 Å². The quantitative estimate of drug-likeness (QED) is 0.863. The van der Waals surface area contributed by atoms with Crippen LogP contribution in [0.2, 0.25) is 0 Å². The lowest BCUT2D eigenvalue weighted by Gasteiger charge is -2.31. The first-order chi connectivity index (χ1) is 11.6. The predicted molar refractivity (Wildman–Crippen MR) is 94.0 cm³/mol. The normalized spacial score (nSPS) is 18.7. The fraction of sp³-hybridized carbons (Fsp3) is 0.625. The number of piperidine rings is 1. The lowest BCUT2D eigenvalue weighted by Crippen LogP contribution is -2.41. The highest BCUT2D eigenvalue weighted by Gasteiger charge is 2.22. The van der Waals surface area contributed by atoms with Crippen LogP contribution in [0.25, 0.3) is 0 Å². The first-order valence-corrected chi connectivity index (χ1v) is 9.26. The van der Waals surface area contributed by atoms with Crippen LogP contribution < -0.4 is 5.32 Å². The maximum atomic E-state index is 12.3. The van der Waals surface area contributed by atoms with E-state index in [9.17, 15) is 4.79 Å². The fourth-order valence-electron chi connectivity index (χ4n) is 3.21. The molecule has 24 heavy (non-hydrogen) atoms. The van der Waals surface area contributed by atoms with E-state index >= 15 is 0 Å². The molecule has 8 heteroatoms. The summed E-state index contributed by atoms with van der Waals surface area (Å²) in [5, 5.41) is 7.83. The summed E-state index contributed by atoms with van der Waals surface area (Å²) in [6.45, 7) is 7.31. The summed E-state index contributed by atoms with van der Waals surface area (Å²) in [5.41, 5.74) is 1.07. The zero-order valence-corrected chi connectivity index (χ0v) is 15.1. The minimum atomic E-state index is 0.0211. The molecule has 1 aliphatic rings. The Bertz CT molecular complexity index is 668. The van der Waals surface area contributed by atoms with E-state index in [0.717, 1.165) is 38.2 Å². The van der Waals surface area contributed by atoms with Crippen molar-refractivity contribution in [3.63, 3.8) is 0 Å². The third kappa shape index (κ3) is 4.39. The number of nitrogens with one attached hydrogen (secondary N) is 1. The number of likely N-dealkylation sites (tertiary alicyclic amines) is 1. The molecule has 1 fully saturated rings. The lowest BCUT2D eigenvalue weighted by molar-refractivity contribution is -0.117. The molecule has 2 aromatic rings. The van der Waals surface area contributed by atoms with Crippen LogP contribution in [0.5, 0.6) is 0 Å². The zero-order valence-electron chi connectivity index (χ0n) is 14.2. The average molecular weight is 348 g/mol. The first kappa shape index (κ1) is 17.0. The summed E-state index contributed by atoms with van der Waals surface area (Å²) >= 11 is 1.55. The molecule has 1 aliphatic heterocycles. The number of rotatable bonds is 6. The number of anilines is 1. The second-order valence-electron chi connectivity index (χ2n) is 6.28. The topological polar surface area (TPSA) is 75.9 Å². The van der Waals surface area contributed by atoms with Gasteiger partial charge in [-0.3, -0.25) is 14.4 Å². The van der Waals surface area contributed by atoms with Crippen molar-refractivity contribution < 1.29 is 4.79 Å². The van der Waals surface area contributed by atoms with Gasteiger partial charge in [0, 0.05) is 18.0 Å². The minimum absolute atomic E-state index is 0.0211. The standard InChI is InChI=1S/C16H24N6OS/c1-3-14-12(2)24-16(19-14)20-15(23)9-21-6-4-5-13(7-21)8-22-11-17-10-18-22/h10-11,13H,3-9H2,1-2H3,(H,19,20,23). The van der Waals surface area contributed by atoms with E-state index in [1.165, 1.54) is 11.3 Å². The summed E-state index contributed by atoms with van der Waals surface area (Å²) in [7, 11) is 0. The number of hydrogen-bond acceptors (Lipinski definition) is 6. The molecule has 0 saturated carbocycles. The van der Waals surface area contributed by atoms with E-state index < -0.39 is 0 Å². The highest BCUT2D eigenvalue weighted by atomic mass is 32.1. The highest BCUT2D eigenvalue weighted by molar-refractivity contribution is 7.15. The van der Waals surface area contributed by atoms with Crippen molar-refractivity contribution in [1.29, 1.82) is 0 Å². The number of amides is 1. The van der Waals surface area contributed by atoms with E-state index in [1.54, 1.807) is 24.0 Å². The molecule has 0 aromatic carbocycles. The Morgan fingerprint density at radius 3 is 3.08 bits per heavy atom. The van der Waals surface area contributed by atoms with E-state index in [2.05, 4.69) is 32.2 Å². The van der Waals surface area contributed by atoms with Crippen molar-refractivity contribution in [1.82, 2.24) is 24.6 Å². The van der Waals surface area contributed by atoms with Crippen LogP contribution in [0.15, 0.2) is 12.7 Å². The second-order valence-corrected chi connectivity index (χ2v) is 7.49. The van der Waals surface area contributed by atoms with Gasteiger partial charge >= 0.3 is 0 Å². The molecule has 0 spiro atoms. The van der Waals surface area contributed by atoms with Gasteiger partial charge in [0.15, 0.2) is 5.13 Å². The zero-order chi connectivity index (χ0) is 16.9. The Balaban J connectivity index is 1.50. The highest BCUT2D eigenvalue weighted by Crippen LogP contribution is 2.22. The van der Waals surface area contributed by atoms with Gasteiger partial charge in [0.1, 0.15) is 12.7 Å². The summed E-state index contributed by atoms with van der Waals surface area (Å²) in [6.07, 6.45) is 6.50. The molecule has 0 radical (unpaired) electrons. The number of aromatic nitrogens is 4. The first-order valence-electron chi connectivity index (χ1n) is 8.45. The van der Waals surface area contributed by atoms with Crippen molar-refractivity contribution in [2.45, 2.75) is 39.7 Å². The van der Waals surface area contributed by atoms with Gasteiger partial charge in [-0.05, 0) is 38.6 Å². The molecule has 3 heterocycles. The van der Waals surface area contributed by atoms with Gasteiger partial charge in [0.05, 0.1) is 12.2 Å². The molecule has 7 nitrogen and oxygen atoms in total. The Labute approximate surface area is 146 Å². The maximum Gasteiger partial charge on any atom is 0.240 e. The summed E-state index contributed by atoms with van der Waals surface area (Å²) in [6, 6.07) is 0. The van der Waals surface area contributed by atoms with E-state index in [1.807, 2.05) is 11.6 Å². The van der Waals surface area contributed by atoms with Gasteiger partial charge < -0.3 is 5.32 Å². The van der Waals surface area contributed by atoms with Crippen molar-refractivity contribution in [2.75, 3.05) is 25.0 Å². The van der Waals surface area contributed by atoms with Gasteiger partial charge in [-0.2, -0.15) is 5.10 Å². The van der Waals surface area contributed by atoms with Crippen molar-refractivity contribution in [3.05, 3.63) is 23.2 Å². The number of carbonyl (C=O) groups is 1. The summed E-state index contributed by atoms with van der Waals surface area (Å²) in [4.78, 5) is 24.2. The molecule has 0 bridgehead atoms. The third-order valence-corrected chi connectivity index (χ3v) is 5.28. The van der Waals surface area contributed by atoms with E-state index in [0.29, 0.717) is 17.6 Å². The fourth-order valence-corrected chi connectivity index (χ4v) is 4.13.